The Morgan fingerprint density at radius 3 is 1.96 bits per heavy atom. The zero-order chi connectivity index (χ0) is 36.0. The third-order valence-electron chi connectivity index (χ3n) is 12.4. The predicted octanol–water partition coefficient (Wildman–Crippen LogP) is 12.4. The fourth-order valence-electron chi connectivity index (χ4n) is 7.58. The number of aliphatic hydroxyl groups excluding tert-OH is 1. The minimum absolute atomic E-state index is 0. The van der Waals surface area contributed by atoms with Crippen LogP contribution in [0.2, 0.25) is 0 Å². The predicted molar refractivity (Wildman–Crippen MR) is 202 cm³/mol. The van der Waals surface area contributed by atoms with Crippen molar-refractivity contribution >= 4 is 27.7 Å². The van der Waals surface area contributed by atoms with Crippen LogP contribution in [0.1, 0.15) is 121 Å². The quantitative estimate of drug-likeness (QED) is 0.109. The molecule has 0 atom stereocenters. The summed E-state index contributed by atoms with van der Waals surface area (Å²) < 4.78 is 6.49. The molecular weight excluding hydrogens is 783 g/mol. The number of furan rings is 1. The van der Waals surface area contributed by atoms with E-state index in [2.05, 4.69) is 112 Å². The number of carbonyl (C=O) groups is 1. The monoisotopic (exact) mass is 843 g/mol. The molecule has 5 heteroatoms. The van der Waals surface area contributed by atoms with E-state index in [1.165, 1.54) is 30.0 Å². The first-order valence-corrected chi connectivity index (χ1v) is 18.0. The Kier molecular flexibility index (Phi) is 12.3. The molecule has 0 unspecified atom stereocenters. The second-order valence-electron chi connectivity index (χ2n) is 17.1. The summed E-state index contributed by atoms with van der Waals surface area (Å²) in [6.07, 6.45) is 5.70. The van der Waals surface area contributed by atoms with Gasteiger partial charge in [-0.1, -0.05) is 109 Å². The summed E-state index contributed by atoms with van der Waals surface area (Å²) in [7, 11) is 0. The van der Waals surface area contributed by atoms with Crippen LogP contribution in [0.3, 0.4) is 0 Å². The Hall–Kier alpha value is -2.75. The summed E-state index contributed by atoms with van der Waals surface area (Å²) >= 11 is 0. The van der Waals surface area contributed by atoms with Crippen LogP contribution >= 0.6 is 0 Å². The van der Waals surface area contributed by atoms with Crippen LogP contribution in [-0.4, -0.2) is 15.9 Å². The van der Waals surface area contributed by atoms with Gasteiger partial charge in [-0.3, -0.25) is 4.79 Å². The molecule has 5 rings (SSSR count). The van der Waals surface area contributed by atoms with Crippen molar-refractivity contribution in [3.05, 3.63) is 77.7 Å². The molecule has 49 heavy (non-hydrogen) atoms. The van der Waals surface area contributed by atoms with E-state index in [4.69, 9.17) is 4.42 Å². The molecule has 0 aliphatic heterocycles. The topological polar surface area (TPSA) is 63.3 Å². The van der Waals surface area contributed by atoms with Crippen molar-refractivity contribution in [1.82, 2.24) is 4.98 Å². The van der Waals surface area contributed by atoms with E-state index >= 15 is 0 Å². The first-order chi connectivity index (χ1) is 22.2. The minimum atomic E-state index is -0.442. The number of hydrogen-bond acceptors (Lipinski definition) is 4. The standard InChI is InChI=1S/C25H24NO.C19H36O2.Ir/c1-24(2)13-14-25(3,4)21-18(24)11-10-17-20-19(27-23(17)21)12-15-26-22(20)16-8-6-5-7-9-16;1-12(2)18(9,13(3)4)16(20)11-17(21)19(10,14(5)6)15(7)8;/h5-8,10-12,15H,13-14H2,1-4H3;11-15,20H,1-10H3;/q-1;;/b;16-11-;. The van der Waals surface area contributed by atoms with Crippen molar-refractivity contribution in [2.45, 2.75) is 121 Å². The molecule has 0 amide bonds. The fourth-order valence-corrected chi connectivity index (χ4v) is 7.58. The van der Waals surface area contributed by atoms with Crippen LogP contribution in [0, 0.1) is 40.6 Å². The third-order valence-corrected chi connectivity index (χ3v) is 12.4. The Balaban J connectivity index is 0.000000271. The van der Waals surface area contributed by atoms with Crippen LogP contribution in [0.4, 0.5) is 0 Å². The van der Waals surface area contributed by atoms with Crippen molar-refractivity contribution in [3.8, 4) is 11.3 Å². The molecule has 4 nitrogen and oxygen atoms in total. The van der Waals surface area contributed by atoms with Gasteiger partial charge in [0.25, 0.3) is 0 Å². The molecule has 1 N–H and O–H groups in total. The maximum atomic E-state index is 12.8. The molecule has 0 fully saturated rings. The van der Waals surface area contributed by atoms with Gasteiger partial charge in [-0.25, -0.2) is 0 Å². The van der Waals surface area contributed by atoms with Gasteiger partial charge < -0.3 is 14.5 Å². The number of carbonyl (C=O) groups excluding carboxylic acids is 1. The number of pyridine rings is 1. The SMILES string of the molecule is CC(C)C(C)(C(=O)/C=C(\O)C(C)(C(C)C)C(C)C)C(C)C.CC1(C)CCC(C)(C)c2c1ccc1c2oc2ccnc(-c3[c-]cccc3)c21.[Ir]. The van der Waals surface area contributed by atoms with Gasteiger partial charge in [-0.15, -0.1) is 35.9 Å². The second-order valence-corrected chi connectivity index (χ2v) is 17.1. The summed E-state index contributed by atoms with van der Waals surface area (Å²) in [5.41, 5.74) is 6.14. The summed E-state index contributed by atoms with van der Waals surface area (Å²) in [5.74, 6) is 1.27. The molecule has 2 heterocycles. The van der Waals surface area contributed by atoms with Gasteiger partial charge >= 0.3 is 0 Å². The Labute approximate surface area is 309 Å². The van der Waals surface area contributed by atoms with Gasteiger partial charge in [0.15, 0.2) is 5.78 Å². The van der Waals surface area contributed by atoms with Gasteiger partial charge in [0, 0.05) is 59.5 Å². The van der Waals surface area contributed by atoms with Crippen LogP contribution < -0.4 is 0 Å². The van der Waals surface area contributed by atoms with Crippen molar-refractivity contribution in [2.24, 2.45) is 34.5 Å². The summed E-state index contributed by atoms with van der Waals surface area (Å²) in [4.78, 5) is 17.5. The van der Waals surface area contributed by atoms with Gasteiger partial charge in [0.1, 0.15) is 16.9 Å². The minimum Gasteiger partial charge on any atom is -0.512 e. The smallest absolute Gasteiger partial charge is 0.165 e. The number of aliphatic hydroxyl groups is 1. The maximum absolute atomic E-state index is 12.8. The maximum Gasteiger partial charge on any atom is 0.165 e. The number of ketones is 1. The van der Waals surface area contributed by atoms with E-state index < -0.39 is 5.41 Å². The largest absolute Gasteiger partial charge is 0.512 e. The molecule has 1 aliphatic rings. The number of hydrogen-bond donors (Lipinski definition) is 1. The van der Waals surface area contributed by atoms with E-state index in [0.29, 0.717) is 0 Å². The van der Waals surface area contributed by atoms with Crippen LogP contribution in [-0.2, 0) is 35.7 Å². The Morgan fingerprint density at radius 2 is 1.43 bits per heavy atom. The number of aromatic nitrogens is 1. The molecule has 1 radical (unpaired) electrons. The molecule has 0 bridgehead atoms. The van der Waals surface area contributed by atoms with Gasteiger partial charge in [-0.2, -0.15) is 0 Å². The molecule has 1 aliphatic carbocycles. The average Bonchev–Trinajstić information content (AvgIpc) is 3.41. The van der Waals surface area contributed by atoms with Crippen LogP contribution in [0.25, 0.3) is 33.2 Å². The zero-order valence-electron chi connectivity index (χ0n) is 32.5. The van der Waals surface area contributed by atoms with E-state index in [0.717, 1.165) is 33.2 Å². The number of rotatable bonds is 8. The molecule has 0 saturated carbocycles. The molecule has 2 aromatic heterocycles. The summed E-state index contributed by atoms with van der Waals surface area (Å²) in [5, 5.41) is 12.9. The fraction of sp³-hybridized carbons (Fsp3) is 0.545. The van der Waals surface area contributed by atoms with Crippen LogP contribution in [0.15, 0.2) is 64.9 Å². The van der Waals surface area contributed by atoms with Gasteiger partial charge in [0.2, 0.25) is 0 Å². The molecular formula is C44H60IrNO3-. The first-order valence-electron chi connectivity index (χ1n) is 18.0. The van der Waals surface area contributed by atoms with E-state index in [-0.39, 0.29) is 71.6 Å². The van der Waals surface area contributed by atoms with Gasteiger partial charge in [0.05, 0.1) is 0 Å². The summed E-state index contributed by atoms with van der Waals surface area (Å²) in [6.45, 7) is 30.1. The Bertz CT molecular complexity index is 1770. The van der Waals surface area contributed by atoms with Crippen molar-refractivity contribution in [1.29, 1.82) is 0 Å². The van der Waals surface area contributed by atoms with E-state index in [1.807, 2.05) is 44.3 Å². The second kappa shape index (κ2) is 14.8. The first kappa shape index (κ1) is 40.7. The number of allylic oxidation sites excluding steroid dienone is 2. The number of fused-ring (bicyclic) bond motifs is 5. The molecule has 0 saturated heterocycles. The normalized spacial score (nSPS) is 16.2. The number of benzene rings is 2. The zero-order valence-corrected chi connectivity index (χ0v) is 34.9. The average molecular weight is 843 g/mol. The number of nitrogens with zero attached hydrogens (tertiary/aromatic N) is 1. The molecule has 0 spiro atoms. The van der Waals surface area contributed by atoms with Crippen LogP contribution in [0.5, 0.6) is 0 Å². The van der Waals surface area contributed by atoms with Crippen molar-refractivity contribution in [2.75, 3.05) is 0 Å². The van der Waals surface area contributed by atoms with E-state index in [1.54, 1.807) is 0 Å². The van der Waals surface area contributed by atoms with Gasteiger partial charge in [-0.05, 0) is 64.7 Å². The molecule has 269 valence electrons. The molecule has 2 aromatic carbocycles. The Morgan fingerprint density at radius 1 is 0.857 bits per heavy atom. The van der Waals surface area contributed by atoms with Crippen molar-refractivity contribution < 1.29 is 34.4 Å². The molecule has 4 aromatic rings. The summed E-state index contributed by atoms with van der Waals surface area (Å²) in [6, 6.07) is 17.9. The van der Waals surface area contributed by atoms with Crippen molar-refractivity contribution in [3.63, 3.8) is 0 Å². The third kappa shape index (κ3) is 7.36. The van der Waals surface area contributed by atoms with E-state index in [9.17, 15) is 9.90 Å².